The zero-order valence-corrected chi connectivity index (χ0v) is 12.4. The Balaban J connectivity index is 1.91. The van der Waals surface area contributed by atoms with Gasteiger partial charge >= 0.3 is 11.8 Å². The number of rotatable bonds is 2. The molecule has 0 aromatic heterocycles. The number of carbonyl (C=O) groups excluding carboxylic acids is 2. The van der Waals surface area contributed by atoms with E-state index in [4.69, 9.17) is 23.2 Å². The average molecular weight is 315 g/mol. The molecule has 0 aliphatic heterocycles. The number of amides is 2. The van der Waals surface area contributed by atoms with E-state index in [0.717, 1.165) is 25.7 Å². The van der Waals surface area contributed by atoms with Crippen LogP contribution >= 0.6 is 23.2 Å². The zero-order chi connectivity index (χ0) is 14.5. The molecule has 1 saturated carbocycles. The molecule has 2 amide bonds. The molecule has 0 saturated heterocycles. The molecule has 0 radical (unpaired) electrons. The summed E-state index contributed by atoms with van der Waals surface area (Å²) in [7, 11) is 0. The first-order valence-corrected chi connectivity index (χ1v) is 7.39. The van der Waals surface area contributed by atoms with E-state index in [1.165, 1.54) is 12.5 Å². The molecule has 1 aliphatic carbocycles. The van der Waals surface area contributed by atoms with Crippen molar-refractivity contribution in [3.8, 4) is 0 Å². The highest BCUT2D eigenvalue weighted by atomic mass is 35.5. The smallest absolute Gasteiger partial charge is 0.313 e. The van der Waals surface area contributed by atoms with Crippen molar-refractivity contribution in [3.63, 3.8) is 0 Å². The summed E-state index contributed by atoms with van der Waals surface area (Å²) in [5.41, 5.74) is 0.375. The molecule has 108 valence electrons. The van der Waals surface area contributed by atoms with Crippen molar-refractivity contribution >= 4 is 40.7 Å². The Morgan fingerprint density at radius 3 is 2.40 bits per heavy atom. The van der Waals surface area contributed by atoms with Crippen LogP contribution in [-0.2, 0) is 9.59 Å². The van der Waals surface area contributed by atoms with Crippen LogP contribution in [0.5, 0.6) is 0 Å². The molecule has 1 aliphatic rings. The van der Waals surface area contributed by atoms with Crippen LogP contribution in [0, 0.1) is 0 Å². The number of hydrogen-bond acceptors (Lipinski definition) is 2. The summed E-state index contributed by atoms with van der Waals surface area (Å²) in [4.78, 5) is 23.6. The van der Waals surface area contributed by atoms with Gasteiger partial charge in [-0.1, -0.05) is 42.5 Å². The van der Waals surface area contributed by atoms with Gasteiger partial charge in [-0.15, -0.1) is 0 Å². The normalized spacial score (nSPS) is 15.7. The van der Waals surface area contributed by atoms with Gasteiger partial charge in [0.2, 0.25) is 0 Å². The molecule has 2 rings (SSSR count). The van der Waals surface area contributed by atoms with Crippen LogP contribution in [0.1, 0.15) is 32.1 Å². The zero-order valence-electron chi connectivity index (χ0n) is 10.9. The Hall–Kier alpha value is -1.26. The summed E-state index contributed by atoms with van der Waals surface area (Å²) >= 11 is 11.7. The minimum atomic E-state index is -0.709. The van der Waals surface area contributed by atoms with Crippen LogP contribution < -0.4 is 10.6 Å². The number of carbonyl (C=O) groups is 2. The standard InChI is InChI=1S/C14H16Cl2N2O2/c15-9-6-7-12(11(16)8-9)18-14(20)13(19)17-10-4-2-1-3-5-10/h6-8,10H,1-5H2,(H,17,19)(H,18,20). The molecule has 1 aromatic carbocycles. The second-order valence-corrected chi connectivity index (χ2v) is 5.73. The molecule has 0 bridgehead atoms. The summed E-state index contributed by atoms with van der Waals surface area (Å²) in [6.07, 6.45) is 5.24. The minimum absolute atomic E-state index is 0.0997. The first-order chi connectivity index (χ1) is 9.56. The predicted molar refractivity (Wildman–Crippen MR) is 80.1 cm³/mol. The van der Waals surface area contributed by atoms with Crippen molar-refractivity contribution in [2.24, 2.45) is 0 Å². The molecule has 0 atom stereocenters. The highest BCUT2D eigenvalue weighted by molar-refractivity contribution is 6.42. The summed E-state index contributed by atoms with van der Waals surface area (Å²) in [5.74, 6) is -1.33. The van der Waals surface area contributed by atoms with Gasteiger partial charge in [0.25, 0.3) is 0 Å². The van der Waals surface area contributed by atoms with Gasteiger partial charge in [0, 0.05) is 11.1 Å². The Bertz CT molecular complexity index is 514. The van der Waals surface area contributed by atoms with Crippen molar-refractivity contribution in [3.05, 3.63) is 28.2 Å². The summed E-state index contributed by atoms with van der Waals surface area (Å²) in [6.45, 7) is 0. The van der Waals surface area contributed by atoms with E-state index in [0.29, 0.717) is 15.7 Å². The maximum Gasteiger partial charge on any atom is 0.313 e. The van der Waals surface area contributed by atoms with E-state index in [9.17, 15) is 9.59 Å². The summed E-state index contributed by atoms with van der Waals surface area (Å²) in [6, 6.07) is 4.78. The number of benzene rings is 1. The van der Waals surface area contributed by atoms with Crippen LogP contribution in [-0.4, -0.2) is 17.9 Å². The second kappa shape index (κ2) is 6.95. The molecule has 6 heteroatoms. The van der Waals surface area contributed by atoms with Gasteiger partial charge < -0.3 is 10.6 Å². The van der Waals surface area contributed by atoms with E-state index in [1.54, 1.807) is 12.1 Å². The van der Waals surface area contributed by atoms with Gasteiger partial charge in [-0.05, 0) is 31.0 Å². The number of anilines is 1. The number of nitrogens with one attached hydrogen (secondary N) is 2. The molecule has 1 aromatic rings. The van der Waals surface area contributed by atoms with Crippen molar-refractivity contribution in [2.75, 3.05) is 5.32 Å². The van der Waals surface area contributed by atoms with Gasteiger partial charge in [-0.25, -0.2) is 0 Å². The molecule has 20 heavy (non-hydrogen) atoms. The lowest BCUT2D eigenvalue weighted by molar-refractivity contribution is -0.136. The number of halogens is 2. The predicted octanol–water partition coefficient (Wildman–Crippen LogP) is 3.38. The first kappa shape index (κ1) is 15.1. The molecule has 4 nitrogen and oxygen atoms in total. The molecular formula is C14H16Cl2N2O2. The average Bonchev–Trinajstić information content (AvgIpc) is 2.43. The van der Waals surface area contributed by atoms with Gasteiger partial charge in [-0.2, -0.15) is 0 Å². The SMILES string of the molecule is O=C(Nc1ccc(Cl)cc1Cl)C(=O)NC1CCCCC1. The van der Waals surface area contributed by atoms with Crippen LogP contribution in [0.15, 0.2) is 18.2 Å². The third-order valence-corrected chi connectivity index (χ3v) is 3.87. The summed E-state index contributed by atoms with van der Waals surface area (Å²) < 4.78 is 0. The van der Waals surface area contributed by atoms with Gasteiger partial charge in [-0.3, -0.25) is 9.59 Å². The Morgan fingerprint density at radius 2 is 1.75 bits per heavy atom. The van der Waals surface area contributed by atoms with Gasteiger partial charge in [0.1, 0.15) is 0 Å². The van der Waals surface area contributed by atoms with Crippen molar-refractivity contribution in [1.82, 2.24) is 5.32 Å². The maximum absolute atomic E-state index is 11.8. The minimum Gasteiger partial charge on any atom is -0.345 e. The topological polar surface area (TPSA) is 58.2 Å². The lowest BCUT2D eigenvalue weighted by Gasteiger charge is -2.22. The Morgan fingerprint density at radius 1 is 1.05 bits per heavy atom. The van der Waals surface area contributed by atoms with Crippen molar-refractivity contribution in [1.29, 1.82) is 0 Å². The highest BCUT2D eigenvalue weighted by Crippen LogP contribution is 2.25. The quantitative estimate of drug-likeness (QED) is 0.822. The van der Waals surface area contributed by atoms with Crippen LogP contribution in [0.4, 0.5) is 5.69 Å². The van der Waals surface area contributed by atoms with Crippen LogP contribution in [0.25, 0.3) is 0 Å². The van der Waals surface area contributed by atoms with E-state index in [2.05, 4.69) is 10.6 Å². The Kier molecular flexibility index (Phi) is 5.26. The maximum atomic E-state index is 11.8. The molecule has 0 spiro atoms. The molecular weight excluding hydrogens is 299 g/mol. The van der Waals surface area contributed by atoms with E-state index in [1.807, 2.05) is 0 Å². The van der Waals surface area contributed by atoms with Crippen molar-refractivity contribution in [2.45, 2.75) is 38.1 Å². The largest absolute Gasteiger partial charge is 0.345 e. The fraction of sp³-hybridized carbons (Fsp3) is 0.429. The third kappa shape index (κ3) is 4.12. The summed E-state index contributed by atoms with van der Waals surface area (Å²) in [5, 5.41) is 6.01. The lowest BCUT2D eigenvalue weighted by atomic mass is 9.95. The van der Waals surface area contributed by atoms with Crippen molar-refractivity contribution < 1.29 is 9.59 Å². The monoisotopic (exact) mass is 314 g/mol. The lowest BCUT2D eigenvalue weighted by Crippen LogP contribution is -2.42. The first-order valence-electron chi connectivity index (χ1n) is 6.63. The van der Waals surface area contributed by atoms with Gasteiger partial charge in [0.05, 0.1) is 10.7 Å². The Labute approximate surface area is 127 Å². The van der Waals surface area contributed by atoms with Gasteiger partial charge in [0.15, 0.2) is 0 Å². The molecule has 0 heterocycles. The molecule has 2 N–H and O–H groups in total. The molecule has 0 unspecified atom stereocenters. The van der Waals surface area contributed by atoms with E-state index < -0.39 is 11.8 Å². The third-order valence-electron chi connectivity index (χ3n) is 3.33. The van der Waals surface area contributed by atoms with Crippen LogP contribution in [0.2, 0.25) is 10.0 Å². The van der Waals surface area contributed by atoms with E-state index >= 15 is 0 Å². The number of hydrogen-bond donors (Lipinski definition) is 2. The van der Waals surface area contributed by atoms with Crippen LogP contribution in [0.3, 0.4) is 0 Å². The molecule has 1 fully saturated rings. The second-order valence-electron chi connectivity index (χ2n) is 4.89. The fourth-order valence-electron chi connectivity index (χ4n) is 2.27. The highest BCUT2D eigenvalue weighted by Gasteiger charge is 2.20. The fourth-order valence-corrected chi connectivity index (χ4v) is 2.72. The van der Waals surface area contributed by atoms with E-state index in [-0.39, 0.29) is 6.04 Å².